The molecule has 8 nitrogen and oxygen atoms in total. The molecule has 0 aliphatic heterocycles. The molecule has 0 rings (SSSR count). The first-order valence-electron chi connectivity index (χ1n) is 8.45. The fourth-order valence-corrected chi connectivity index (χ4v) is 2.09. The van der Waals surface area contributed by atoms with Crippen molar-refractivity contribution in [1.29, 1.82) is 0 Å². The quantitative estimate of drug-likeness (QED) is 0.535. The molecule has 0 aliphatic rings. The van der Waals surface area contributed by atoms with E-state index in [2.05, 4.69) is 15.4 Å². The molecule has 3 N–H and O–H groups in total. The maximum absolute atomic E-state index is 12.3. The lowest BCUT2D eigenvalue weighted by Crippen LogP contribution is -2.54. The lowest BCUT2D eigenvalue weighted by molar-refractivity contribution is -0.144. The number of esters is 1. The van der Waals surface area contributed by atoms with E-state index in [-0.39, 0.29) is 5.92 Å². The first-order chi connectivity index (χ1) is 11.4. The number of rotatable bonds is 9. The van der Waals surface area contributed by atoms with Crippen molar-refractivity contribution in [3.05, 3.63) is 0 Å². The Morgan fingerprint density at radius 1 is 1.08 bits per heavy atom. The molecule has 0 aromatic heterocycles. The van der Waals surface area contributed by atoms with Crippen molar-refractivity contribution in [1.82, 2.24) is 10.6 Å². The molecule has 0 bridgehead atoms. The molecular weight excluding hydrogens is 328 g/mol. The van der Waals surface area contributed by atoms with Crippen LogP contribution >= 0.6 is 0 Å². The molecule has 0 aliphatic carbocycles. The largest absolute Gasteiger partial charge is 0.467 e. The molecule has 0 saturated heterocycles. The highest BCUT2D eigenvalue weighted by atomic mass is 16.6. The number of ether oxygens (including phenoxy) is 2. The summed E-state index contributed by atoms with van der Waals surface area (Å²) in [6, 6.07) is -1.67. The molecule has 146 valence electrons. The number of carbonyl (C=O) groups is 3. The van der Waals surface area contributed by atoms with E-state index in [1.54, 1.807) is 34.6 Å². The number of methoxy groups -OCH3 is 1. The van der Waals surface area contributed by atoms with Gasteiger partial charge in [-0.25, -0.2) is 9.59 Å². The van der Waals surface area contributed by atoms with Gasteiger partial charge in [-0.1, -0.05) is 13.8 Å². The number of hydrogen-bond donors (Lipinski definition) is 3. The first-order valence-corrected chi connectivity index (χ1v) is 8.45. The zero-order valence-corrected chi connectivity index (χ0v) is 16.2. The number of hydrogen-bond acceptors (Lipinski definition) is 6. The molecule has 0 saturated carbocycles. The van der Waals surface area contributed by atoms with Crippen LogP contribution in [0.1, 0.15) is 54.4 Å². The standard InChI is InChI=1S/C17H32N2O6/c1-10(2)13(14(21)18-12(4)15(22)24-7)19-16(23)25-17(5,6)9-8-11(3)20/h10-13,20H,8-9H2,1-7H3,(H,18,21)(H,19,23). The Morgan fingerprint density at radius 2 is 1.64 bits per heavy atom. The number of nitrogens with one attached hydrogen (secondary N) is 2. The van der Waals surface area contributed by atoms with Crippen LogP contribution < -0.4 is 10.6 Å². The minimum Gasteiger partial charge on any atom is -0.467 e. The maximum atomic E-state index is 12.3. The third-order valence-corrected chi connectivity index (χ3v) is 3.67. The van der Waals surface area contributed by atoms with Gasteiger partial charge in [0.1, 0.15) is 17.7 Å². The van der Waals surface area contributed by atoms with Crippen molar-refractivity contribution >= 4 is 18.0 Å². The molecule has 0 aromatic carbocycles. The van der Waals surface area contributed by atoms with Crippen molar-refractivity contribution in [2.24, 2.45) is 5.92 Å². The third-order valence-electron chi connectivity index (χ3n) is 3.67. The van der Waals surface area contributed by atoms with Crippen LogP contribution in [0.4, 0.5) is 4.79 Å². The Bertz CT molecular complexity index is 462. The fraction of sp³-hybridized carbons (Fsp3) is 0.824. The average Bonchev–Trinajstić information content (AvgIpc) is 2.48. The Morgan fingerprint density at radius 3 is 2.08 bits per heavy atom. The SMILES string of the molecule is COC(=O)C(C)NC(=O)C(NC(=O)OC(C)(C)CCC(C)O)C(C)C. The van der Waals surface area contributed by atoms with E-state index in [0.29, 0.717) is 12.8 Å². The Labute approximate surface area is 149 Å². The van der Waals surface area contributed by atoms with Crippen LogP contribution in [-0.4, -0.2) is 54.0 Å². The molecule has 3 unspecified atom stereocenters. The molecule has 2 amide bonds. The van der Waals surface area contributed by atoms with Gasteiger partial charge < -0.3 is 25.2 Å². The summed E-state index contributed by atoms with van der Waals surface area (Å²) in [5.74, 6) is -1.28. The van der Waals surface area contributed by atoms with E-state index >= 15 is 0 Å². The number of carbonyl (C=O) groups excluding carboxylic acids is 3. The Hall–Kier alpha value is -1.83. The van der Waals surface area contributed by atoms with Gasteiger partial charge in [0.05, 0.1) is 13.2 Å². The highest BCUT2D eigenvalue weighted by Crippen LogP contribution is 2.18. The zero-order chi connectivity index (χ0) is 19.8. The van der Waals surface area contributed by atoms with Crippen LogP contribution in [0.15, 0.2) is 0 Å². The second-order valence-electron chi connectivity index (χ2n) is 7.16. The van der Waals surface area contributed by atoms with Gasteiger partial charge in [0, 0.05) is 0 Å². The second kappa shape index (κ2) is 10.2. The number of aliphatic hydroxyl groups is 1. The van der Waals surface area contributed by atoms with Crippen LogP contribution in [0.2, 0.25) is 0 Å². The average molecular weight is 360 g/mol. The van der Waals surface area contributed by atoms with Gasteiger partial charge in [0.25, 0.3) is 0 Å². The maximum Gasteiger partial charge on any atom is 0.408 e. The Balaban J connectivity index is 4.77. The fourth-order valence-electron chi connectivity index (χ4n) is 2.09. The van der Waals surface area contributed by atoms with Crippen LogP contribution in [-0.2, 0) is 19.1 Å². The monoisotopic (exact) mass is 360 g/mol. The highest BCUT2D eigenvalue weighted by molar-refractivity contribution is 5.89. The normalized spacial score (nSPS) is 15.1. The summed E-state index contributed by atoms with van der Waals surface area (Å²) in [6.07, 6.45) is -0.240. The van der Waals surface area contributed by atoms with Gasteiger partial charge in [0.15, 0.2) is 0 Å². The number of amides is 2. The van der Waals surface area contributed by atoms with E-state index in [1.807, 2.05) is 0 Å². The van der Waals surface area contributed by atoms with E-state index in [1.165, 1.54) is 14.0 Å². The molecular formula is C17H32N2O6. The molecule has 25 heavy (non-hydrogen) atoms. The molecule has 0 radical (unpaired) electrons. The molecule has 3 atom stereocenters. The van der Waals surface area contributed by atoms with Crippen molar-refractivity contribution < 1.29 is 29.0 Å². The predicted molar refractivity (Wildman–Crippen MR) is 92.9 cm³/mol. The summed E-state index contributed by atoms with van der Waals surface area (Å²) >= 11 is 0. The van der Waals surface area contributed by atoms with E-state index < -0.39 is 41.8 Å². The van der Waals surface area contributed by atoms with Crippen molar-refractivity contribution in [3.63, 3.8) is 0 Å². The summed E-state index contributed by atoms with van der Waals surface area (Å²) in [6.45, 7) is 10.2. The highest BCUT2D eigenvalue weighted by Gasteiger charge is 2.30. The lowest BCUT2D eigenvalue weighted by Gasteiger charge is -2.28. The molecule has 0 heterocycles. The number of alkyl carbamates (subject to hydrolysis) is 1. The second-order valence-corrected chi connectivity index (χ2v) is 7.16. The first kappa shape index (κ1) is 23.2. The summed E-state index contributed by atoms with van der Waals surface area (Å²) in [4.78, 5) is 35.8. The zero-order valence-electron chi connectivity index (χ0n) is 16.2. The van der Waals surface area contributed by atoms with Crippen LogP contribution in [0.25, 0.3) is 0 Å². The van der Waals surface area contributed by atoms with Gasteiger partial charge in [-0.2, -0.15) is 0 Å². The molecule has 0 aromatic rings. The van der Waals surface area contributed by atoms with Crippen LogP contribution in [0, 0.1) is 5.92 Å². The van der Waals surface area contributed by atoms with Crippen molar-refractivity contribution in [3.8, 4) is 0 Å². The predicted octanol–water partition coefficient (Wildman–Crippen LogP) is 1.35. The van der Waals surface area contributed by atoms with Gasteiger partial charge in [-0.05, 0) is 46.5 Å². The summed E-state index contributed by atoms with van der Waals surface area (Å²) in [5.41, 5.74) is -0.779. The van der Waals surface area contributed by atoms with Gasteiger partial charge in [-0.15, -0.1) is 0 Å². The topological polar surface area (TPSA) is 114 Å². The molecule has 0 fully saturated rings. The minimum absolute atomic E-state index is 0.210. The third kappa shape index (κ3) is 9.28. The molecule has 0 spiro atoms. The summed E-state index contributed by atoms with van der Waals surface area (Å²) < 4.78 is 9.92. The van der Waals surface area contributed by atoms with Crippen LogP contribution in [0.3, 0.4) is 0 Å². The smallest absolute Gasteiger partial charge is 0.408 e. The van der Waals surface area contributed by atoms with E-state index in [0.717, 1.165) is 0 Å². The minimum atomic E-state index is -0.854. The Kier molecular flexibility index (Phi) is 9.48. The summed E-state index contributed by atoms with van der Waals surface area (Å²) in [7, 11) is 1.23. The van der Waals surface area contributed by atoms with Gasteiger partial charge in [0.2, 0.25) is 5.91 Å². The number of aliphatic hydroxyl groups excluding tert-OH is 1. The lowest BCUT2D eigenvalue weighted by atomic mass is 10.0. The van der Waals surface area contributed by atoms with Crippen molar-refractivity contribution in [2.75, 3.05) is 7.11 Å². The summed E-state index contributed by atoms with van der Waals surface area (Å²) in [5, 5.41) is 14.4. The van der Waals surface area contributed by atoms with Crippen LogP contribution in [0.5, 0.6) is 0 Å². The van der Waals surface area contributed by atoms with E-state index in [4.69, 9.17) is 4.74 Å². The van der Waals surface area contributed by atoms with E-state index in [9.17, 15) is 19.5 Å². The van der Waals surface area contributed by atoms with Crippen molar-refractivity contribution in [2.45, 2.75) is 78.2 Å². The molecule has 8 heteroatoms. The van der Waals surface area contributed by atoms with Gasteiger partial charge >= 0.3 is 12.1 Å². The van der Waals surface area contributed by atoms with Gasteiger partial charge in [-0.3, -0.25) is 4.79 Å².